The average molecular weight is 362 g/mol. The zero-order chi connectivity index (χ0) is 13.8. The third-order valence-corrected chi connectivity index (χ3v) is 3.31. The number of alkyl halides is 1. The van der Waals surface area contributed by atoms with Crippen LogP contribution in [0.3, 0.4) is 0 Å². The molecule has 0 aromatic rings. The monoisotopic (exact) mass is 362 g/mol. The highest BCUT2D eigenvalue weighted by atomic mass is 127. The summed E-state index contributed by atoms with van der Waals surface area (Å²) in [5.74, 6) is 11.5. The first kappa shape index (κ1) is 15.2. The van der Waals surface area contributed by atoms with Crippen molar-refractivity contribution >= 4 is 28.9 Å². The third kappa shape index (κ3) is 4.11. The van der Waals surface area contributed by atoms with Crippen molar-refractivity contribution in [3.05, 3.63) is 35.6 Å². The van der Waals surface area contributed by atoms with Crippen molar-refractivity contribution in [3.8, 4) is 0 Å². The summed E-state index contributed by atoms with van der Waals surface area (Å²) in [7, 11) is 0. The van der Waals surface area contributed by atoms with Crippen molar-refractivity contribution in [2.45, 2.75) is 17.3 Å². The fourth-order valence-electron chi connectivity index (χ4n) is 1.78. The molecule has 0 amide bonds. The molecule has 1 aliphatic carbocycles. The molecule has 1 rings (SSSR count). The second-order valence-electron chi connectivity index (χ2n) is 4.50. The van der Waals surface area contributed by atoms with Crippen molar-refractivity contribution in [1.29, 1.82) is 0 Å². The van der Waals surface area contributed by atoms with E-state index in [4.69, 9.17) is 17.4 Å². The van der Waals surface area contributed by atoms with Crippen molar-refractivity contribution in [3.63, 3.8) is 0 Å². The highest BCUT2D eigenvalue weighted by molar-refractivity contribution is 14.1. The van der Waals surface area contributed by atoms with E-state index in [-0.39, 0.29) is 9.34 Å². The molecule has 5 nitrogen and oxygen atoms in total. The molecule has 18 heavy (non-hydrogen) atoms. The Kier molecular flexibility index (Phi) is 5.36. The molecule has 0 bridgehead atoms. The minimum atomic E-state index is -0.0722. The molecular formula is C12H21IN5+. The van der Waals surface area contributed by atoms with Crippen molar-refractivity contribution < 1.29 is 4.68 Å². The number of hydrogen-bond acceptors (Lipinski definition) is 3. The fraction of sp³-hybridized carbons (Fsp3) is 0.417. The summed E-state index contributed by atoms with van der Waals surface area (Å²) in [5, 5.41) is 0. The highest BCUT2D eigenvalue weighted by Crippen LogP contribution is 2.28. The van der Waals surface area contributed by atoms with E-state index in [1.54, 1.807) is 0 Å². The SMILES string of the molecule is CC1/C=C\C(C)(I)\C=C(CN)/C([N+](/N)=C/NN)=C\1. The van der Waals surface area contributed by atoms with E-state index in [0.29, 0.717) is 6.54 Å². The van der Waals surface area contributed by atoms with Crippen LogP contribution in [-0.2, 0) is 0 Å². The number of hydrazine groups is 2. The van der Waals surface area contributed by atoms with Gasteiger partial charge in [0.2, 0.25) is 0 Å². The van der Waals surface area contributed by atoms with Crippen LogP contribution >= 0.6 is 22.6 Å². The number of hydrogen-bond donors (Lipinski definition) is 4. The number of rotatable bonds is 3. The Balaban J connectivity index is 3.31. The van der Waals surface area contributed by atoms with Gasteiger partial charge in [-0.15, -0.1) is 4.68 Å². The van der Waals surface area contributed by atoms with Crippen LogP contribution in [0.2, 0.25) is 0 Å². The van der Waals surface area contributed by atoms with Crippen molar-refractivity contribution in [2.75, 3.05) is 6.54 Å². The van der Waals surface area contributed by atoms with Gasteiger partial charge in [0.1, 0.15) is 0 Å². The molecule has 0 aromatic heterocycles. The van der Waals surface area contributed by atoms with Crippen LogP contribution in [0.1, 0.15) is 13.8 Å². The van der Waals surface area contributed by atoms with Crippen molar-refractivity contribution in [2.24, 2.45) is 23.3 Å². The lowest BCUT2D eigenvalue weighted by Crippen LogP contribution is -2.33. The van der Waals surface area contributed by atoms with Gasteiger partial charge in [0.25, 0.3) is 6.34 Å². The number of hydrazone groups is 1. The topological polar surface area (TPSA) is 93.1 Å². The Bertz CT molecular complexity index is 420. The van der Waals surface area contributed by atoms with E-state index in [0.717, 1.165) is 11.3 Å². The lowest BCUT2D eigenvalue weighted by Gasteiger charge is -2.20. The predicted molar refractivity (Wildman–Crippen MR) is 83.8 cm³/mol. The first-order chi connectivity index (χ1) is 8.39. The van der Waals surface area contributed by atoms with Crippen molar-refractivity contribution in [1.82, 2.24) is 5.43 Å². The molecule has 0 saturated heterocycles. The molecule has 100 valence electrons. The molecule has 0 aromatic carbocycles. The van der Waals surface area contributed by atoms with Crippen LogP contribution in [0, 0.1) is 5.92 Å². The molecule has 1 aliphatic rings. The van der Waals surface area contributed by atoms with Gasteiger partial charge in [0.05, 0.1) is 3.42 Å². The van der Waals surface area contributed by atoms with E-state index in [1.807, 2.05) is 0 Å². The minimum absolute atomic E-state index is 0.0722. The summed E-state index contributed by atoms with van der Waals surface area (Å²) in [4.78, 5) is 0. The normalized spacial score (nSPS) is 36.7. The highest BCUT2D eigenvalue weighted by Gasteiger charge is 2.21. The molecule has 0 fully saturated rings. The quantitative estimate of drug-likeness (QED) is 0.0862. The number of halogens is 1. The average Bonchev–Trinajstić information content (AvgIpc) is 2.30. The van der Waals surface area contributed by atoms with Crippen LogP contribution in [0.5, 0.6) is 0 Å². The standard InChI is InChI=1S/C12H20IN5/c1-9-3-4-12(2,13)6-10(7-14)11(5-9)18(16)8-17-15/h3-6,8-9H,7,14-16H2,1-2H3/p+1/b4-3-,10-6-,11-5+. The predicted octanol–water partition coefficient (Wildman–Crippen LogP) is 0.533. The fourth-order valence-corrected chi connectivity index (χ4v) is 2.36. The maximum Gasteiger partial charge on any atom is 0.278 e. The zero-order valence-corrected chi connectivity index (χ0v) is 12.9. The van der Waals surface area contributed by atoms with Gasteiger partial charge >= 0.3 is 0 Å². The molecule has 0 heterocycles. The smallest absolute Gasteiger partial charge is 0.278 e. The van der Waals surface area contributed by atoms with Gasteiger partial charge in [-0.1, -0.05) is 47.7 Å². The van der Waals surface area contributed by atoms with Gasteiger partial charge in [-0.2, -0.15) is 5.84 Å². The van der Waals surface area contributed by atoms with Gasteiger partial charge in [0, 0.05) is 12.1 Å². The minimum Gasteiger partial charge on any atom is -0.326 e. The lowest BCUT2D eigenvalue weighted by molar-refractivity contribution is -0.482. The zero-order valence-electron chi connectivity index (χ0n) is 10.7. The maximum absolute atomic E-state index is 5.94. The Morgan fingerprint density at radius 3 is 2.83 bits per heavy atom. The van der Waals surface area contributed by atoms with Crippen LogP contribution < -0.4 is 22.8 Å². The first-order valence-electron chi connectivity index (χ1n) is 5.75. The summed E-state index contributed by atoms with van der Waals surface area (Å²) < 4.78 is 1.39. The van der Waals surface area contributed by atoms with Crippen LogP contribution in [0.4, 0.5) is 0 Å². The Morgan fingerprint density at radius 2 is 2.28 bits per heavy atom. The van der Waals surface area contributed by atoms with E-state index >= 15 is 0 Å². The van der Waals surface area contributed by atoms with E-state index in [9.17, 15) is 0 Å². The molecule has 0 spiro atoms. The Morgan fingerprint density at radius 1 is 1.61 bits per heavy atom. The van der Waals surface area contributed by atoms with Gasteiger partial charge < -0.3 is 5.73 Å². The third-order valence-electron chi connectivity index (χ3n) is 2.64. The second kappa shape index (κ2) is 6.35. The molecule has 6 heteroatoms. The van der Waals surface area contributed by atoms with Crippen LogP contribution in [0.15, 0.2) is 35.6 Å². The molecule has 7 N–H and O–H groups in total. The van der Waals surface area contributed by atoms with E-state index in [2.05, 4.69) is 66.2 Å². The van der Waals surface area contributed by atoms with Gasteiger partial charge in [0.15, 0.2) is 5.70 Å². The molecule has 2 atom stereocenters. The summed E-state index contributed by atoms with van der Waals surface area (Å²) in [5.41, 5.74) is 10.1. The number of allylic oxidation sites excluding steroid dienone is 4. The summed E-state index contributed by atoms with van der Waals surface area (Å²) in [6.45, 7) is 4.66. The largest absolute Gasteiger partial charge is 0.326 e. The van der Waals surface area contributed by atoms with E-state index < -0.39 is 0 Å². The second-order valence-corrected chi connectivity index (χ2v) is 6.82. The molecule has 0 saturated carbocycles. The van der Waals surface area contributed by atoms with E-state index in [1.165, 1.54) is 11.0 Å². The first-order valence-corrected chi connectivity index (χ1v) is 6.83. The number of nitrogens with one attached hydrogen (secondary N) is 1. The van der Waals surface area contributed by atoms with Crippen LogP contribution in [-0.4, -0.2) is 21.0 Å². The number of nitrogens with two attached hydrogens (primary N) is 3. The summed E-state index contributed by atoms with van der Waals surface area (Å²) in [6, 6.07) is 0. The van der Waals surface area contributed by atoms with Gasteiger partial charge in [-0.3, -0.25) is 5.84 Å². The maximum atomic E-state index is 5.94. The Labute approximate surface area is 122 Å². The van der Waals surface area contributed by atoms with Gasteiger partial charge in [-0.25, -0.2) is 5.43 Å². The lowest BCUT2D eigenvalue weighted by atomic mass is 9.97. The summed E-state index contributed by atoms with van der Waals surface area (Å²) in [6.07, 6.45) is 10.0. The number of nitrogens with zero attached hydrogens (tertiary/aromatic N) is 1. The molecular weight excluding hydrogens is 341 g/mol. The summed E-state index contributed by atoms with van der Waals surface area (Å²) >= 11 is 2.38. The molecule has 0 aliphatic heterocycles. The van der Waals surface area contributed by atoms with Crippen LogP contribution in [0.25, 0.3) is 0 Å². The molecule has 2 unspecified atom stereocenters. The molecule has 0 radical (unpaired) electrons. The Hall–Kier alpha value is -0.860. The van der Waals surface area contributed by atoms with Gasteiger partial charge in [-0.05, 0) is 18.9 Å².